The van der Waals surface area contributed by atoms with Crippen LogP contribution in [0.25, 0.3) is 11.3 Å². The highest BCUT2D eigenvalue weighted by Crippen LogP contribution is 2.28. The minimum atomic E-state index is 0.188. The van der Waals surface area contributed by atoms with Gasteiger partial charge in [0.15, 0.2) is 12.1 Å². The van der Waals surface area contributed by atoms with Crippen molar-refractivity contribution in [2.24, 2.45) is 0 Å². The minimum Gasteiger partial charge on any atom is -0.508 e. The molecule has 4 heteroatoms. The van der Waals surface area contributed by atoms with E-state index < -0.39 is 0 Å². The molecule has 0 amide bonds. The van der Waals surface area contributed by atoms with Gasteiger partial charge in [-0.25, -0.2) is 4.98 Å². The van der Waals surface area contributed by atoms with E-state index in [1.54, 1.807) is 18.2 Å². The molecule has 1 aromatic carbocycles. The Bertz CT molecular complexity index is 544. The van der Waals surface area contributed by atoms with Gasteiger partial charge in [-0.1, -0.05) is 26.0 Å². The summed E-state index contributed by atoms with van der Waals surface area (Å²) in [5.74, 6) is 0.730. The van der Waals surface area contributed by atoms with Crippen LogP contribution >= 0.6 is 0 Å². The van der Waals surface area contributed by atoms with E-state index in [1.165, 1.54) is 0 Å². The highest BCUT2D eigenvalue weighted by Gasteiger charge is 2.14. The molecular weight excluding hydrogens is 216 g/mol. The van der Waals surface area contributed by atoms with E-state index in [0.717, 1.165) is 17.0 Å². The largest absolute Gasteiger partial charge is 0.508 e. The molecule has 0 saturated carbocycles. The molecule has 0 saturated heterocycles. The van der Waals surface area contributed by atoms with Crippen molar-refractivity contribution in [3.05, 3.63) is 35.8 Å². The molecule has 4 nitrogen and oxygen atoms in total. The standard InChI is InChI=1S/C13H14N2O2/c1-8(2)12-13(15-11(7-16)14-12)9-4-3-5-10(17)6-9/h3-8,17H,1-2H3,(H,14,15). The number of carbonyl (C=O) groups excluding carboxylic acids is 1. The number of carbonyl (C=O) groups is 1. The van der Waals surface area contributed by atoms with Gasteiger partial charge >= 0.3 is 0 Å². The number of nitrogens with zero attached hydrogens (tertiary/aromatic N) is 1. The maximum absolute atomic E-state index is 10.7. The zero-order valence-corrected chi connectivity index (χ0v) is 9.77. The first kappa shape index (κ1) is 11.4. The fourth-order valence-electron chi connectivity index (χ4n) is 1.75. The minimum absolute atomic E-state index is 0.188. The van der Waals surface area contributed by atoms with Gasteiger partial charge in [0.05, 0.1) is 5.69 Å². The molecular formula is C13H14N2O2. The van der Waals surface area contributed by atoms with Crippen molar-refractivity contribution >= 4 is 6.29 Å². The van der Waals surface area contributed by atoms with Crippen molar-refractivity contribution in [1.82, 2.24) is 9.97 Å². The summed E-state index contributed by atoms with van der Waals surface area (Å²) in [4.78, 5) is 18.0. The van der Waals surface area contributed by atoms with Crippen molar-refractivity contribution in [3.63, 3.8) is 0 Å². The van der Waals surface area contributed by atoms with E-state index >= 15 is 0 Å². The zero-order valence-electron chi connectivity index (χ0n) is 9.77. The number of nitrogens with one attached hydrogen (secondary N) is 1. The molecule has 0 aliphatic rings. The Hall–Kier alpha value is -2.10. The second kappa shape index (κ2) is 4.41. The summed E-state index contributed by atoms with van der Waals surface area (Å²) in [6.07, 6.45) is 0.693. The maximum atomic E-state index is 10.7. The Balaban J connectivity index is 2.57. The first-order valence-electron chi connectivity index (χ1n) is 5.46. The fourth-order valence-corrected chi connectivity index (χ4v) is 1.75. The third-order valence-electron chi connectivity index (χ3n) is 2.56. The van der Waals surface area contributed by atoms with Gasteiger partial charge in [-0.05, 0) is 18.1 Å². The van der Waals surface area contributed by atoms with Gasteiger partial charge in [0, 0.05) is 11.3 Å². The summed E-state index contributed by atoms with van der Waals surface area (Å²) < 4.78 is 0. The quantitative estimate of drug-likeness (QED) is 0.797. The fraction of sp³-hybridized carbons (Fsp3) is 0.231. The van der Waals surface area contributed by atoms with Crippen LogP contribution in [0, 0.1) is 0 Å². The average Bonchev–Trinajstić information content (AvgIpc) is 2.73. The van der Waals surface area contributed by atoms with E-state index in [-0.39, 0.29) is 11.7 Å². The van der Waals surface area contributed by atoms with Crippen LogP contribution in [-0.2, 0) is 0 Å². The number of benzene rings is 1. The van der Waals surface area contributed by atoms with Gasteiger partial charge in [0.25, 0.3) is 0 Å². The molecule has 2 rings (SSSR count). The highest BCUT2D eigenvalue weighted by molar-refractivity contribution is 5.74. The molecule has 0 aliphatic carbocycles. The number of aldehydes is 1. The normalized spacial score (nSPS) is 10.8. The Morgan fingerprint density at radius 3 is 2.76 bits per heavy atom. The van der Waals surface area contributed by atoms with Crippen LogP contribution in [0.15, 0.2) is 24.3 Å². The summed E-state index contributed by atoms with van der Waals surface area (Å²) in [5, 5.41) is 9.46. The lowest BCUT2D eigenvalue weighted by molar-refractivity contribution is 0.111. The molecule has 1 aromatic heterocycles. The summed E-state index contributed by atoms with van der Waals surface area (Å²) in [6.45, 7) is 4.04. The molecule has 2 aromatic rings. The monoisotopic (exact) mass is 230 g/mol. The number of phenols is 1. The van der Waals surface area contributed by atoms with E-state index in [9.17, 15) is 9.90 Å². The molecule has 0 fully saturated rings. The van der Waals surface area contributed by atoms with Gasteiger partial charge in [-0.15, -0.1) is 0 Å². The first-order valence-corrected chi connectivity index (χ1v) is 5.46. The number of rotatable bonds is 3. The SMILES string of the molecule is CC(C)c1[nH]c(C=O)nc1-c1cccc(O)c1. The number of phenolic OH excluding ortho intramolecular Hbond substituents is 1. The van der Waals surface area contributed by atoms with Crippen LogP contribution in [0.4, 0.5) is 0 Å². The number of aromatic amines is 1. The van der Waals surface area contributed by atoms with Gasteiger partial charge < -0.3 is 10.1 Å². The van der Waals surface area contributed by atoms with Crippen molar-refractivity contribution in [3.8, 4) is 17.0 Å². The third-order valence-corrected chi connectivity index (χ3v) is 2.56. The van der Waals surface area contributed by atoms with Crippen molar-refractivity contribution < 1.29 is 9.90 Å². The number of hydrogen-bond donors (Lipinski definition) is 2. The van der Waals surface area contributed by atoms with E-state index in [1.807, 2.05) is 19.9 Å². The molecule has 0 aliphatic heterocycles. The van der Waals surface area contributed by atoms with E-state index in [0.29, 0.717) is 12.1 Å². The lowest BCUT2D eigenvalue weighted by Crippen LogP contribution is -1.91. The number of H-pyrrole nitrogens is 1. The topological polar surface area (TPSA) is 66.0 Å². The Morgan fingerprint density at radius 2 is 2.18 bits per heavy atom. The smallest absolute Gasteiger partial charge is 0.185 e. The van der Waals surface area contributed by atoms with Crippen LogP contribution in [0.3, 0.4) is 0 Å². The zero-order chi connectivity index (χ0) is 12.4. The summed E-state index contributed by atoms with van der Waals surface area (Å²) in [6, 6.07) is 6.85. The van der Waals surface area contributed by atoms with Crippen molar-refractivity contribution in [1.29, 1.82) is 0 Å². The Morgan fingerprint density at radius 1 is 1.41 bits per heavy atom. The molecule has 0 bridgehead atoms. The van der Waals surface area contributed by atoms with Crippen LogP contribution in [0.2, 0.25) is 0 Å². The van der Waals surface area contributed by atoms with Crippen molar-refractivity contribution in [2.45, 2.75) is 19.8 Å². The molecule has 0 unspecified atom stereocenters. The molecule has 2 N–H and O–H groups in total. The van der Waals surface area contributed by atoms with Crippen LogP contribution in [-0.4, -0.2) is 21.4 Å². The summed E-state index contributed by atoms with van der Waals surface area (Å²) >= 11 is 0. The van der Waals surface area contributed by atoms with E-state index in [4.69, 9.17) is 0 Å². The summed E-state index contributed by atoms with van der Waals surface area (Å²) in [7, 11) is 0. The second-order valence-corrected chi connectivity index (χ2v) is 4.21. The van der Waals surface area contributed by atoms with Gasteiger partial charge in [0.2, 0.25) is 0 Å². The van der Waals surface area contributed by atoms with Crippen LogP contribution < -0.4 is 0 Å². The molecule has 17 heavy (non-hydrogen) atoms. The third kappa shape index (κ3) is 2.20. The Labute approximate surface area is 99.3 Å². The predicted molar refractivity (Wildman–Crippen MR) is 65.2 cm³/mol. The van der Waals surface area contributed by atoms with E-state index in [2.05, 4.69) is 9.97 Å². The number of aromatic hydroxyl groups is 1. The molecule has 0 radical (unpaired) electrons. The molecule has 88 valence electrons. The highest BCUT2D eigenvalue weighted by atomic mass is 16.3. The average molecular weight is 230 g/mol. The lowest BCUT2D eigenvalue weighted by atomic mass is 10.0. The van der Waals surface area contributed by atoms with Crippen molar-refractivity contribution in [2.75, 3.05) is 0 Å². The predicted octanol–water partition coefficient (Wildman–Crippen LogP) is 2.72. The van der Waals surface area contributed by atoms with Crippen LogP contribution in [0.5, 0.6) is 5.75 Å². The summed E-state index contributed by atoms with van der Waals surface area (Å²) in [5.41, 5.74) is 2.42. The number of hydrogen-bond acceptors (Lipinski definition) is 3. The molecule has 0 spiro atoms. The second-order valence-electron chi connectivity index (χ2n) is 4.21. The lowest BCUT2D eigenvalue weighted by Gasteiger charge is -2.05. The van der Waals surface area contributed by atoms with Gasteiger partial charge in [-0.3, -0.25) is 4.79 Å². The number of imidazole rings is 1. The maximum Gasteiger partial charge on any atom is 0.185 e. The molecule has 0 atom stereocenters. The Kier molecular flexibility index (Phi) is 2.95. The first-order chi connectivity index (χ1) is 8.11. The van der Waals surface area contributed by atoms with Gasteiger partial charge in [-0.2, -0.15) is 0 Å². The van der Waals surface area contributed by atoms with Crippen LogP contribution in [0.1, 0.15) is 36.1 Å². The van der Waals surface area contributed by atoms with Gasteiger partial charge in [0.1, 0.15) is 5.75 Å². The molecule has 1 heterocycles. The number of aromatic nitrogens is 2.